The summed E-state index contributed by atoms with van der Waals surface area (Å²) in [5, 5.41) is 8.74. The Hall–Kier alpha value is -5.70. The third kappa shape index (κ3) is 9.04. The number of hydrogen-bond donors (Lipinski definition) is 4. The van der Waals surface area contributed by atoms with E-state index >= 15 is 4.39 Å². The summed E-state index contributed by atoms with van der Waals surface area (Å²) in [5.41, 5.74) is 2.70. The molecule has 8 rings (SSSR count). The molecule has 0 spiro atoms. The summed E-state index contributed by atoms with van der Waals surface area (Å²) in [6.07, 6.45) is 8.38. The van der Waals surface area contributed by atoms with Crippen LogP contribution in [0.3, 0.4) is 0 Å². The number of carbonyl (C=O) groups is 3. The first-order valence-electron chi connectivity index (χ1n) is 20.4. The monoisotopic (exact) mass is 793 g/mol. The van der Waals surface area contributed by atoms with E-state index < -0.39 is 11.9 Å². The average molecular weight is 794 g/mol. The van der Waals surface area contributed by atoms with Gasteiger partial charge in [-0.05, 0) is 92.8 Å². The Morgan fingerprint density at radius 2 is 1.59 bits per heavy atom. The van der Waals surface area contributed by atoms with Crippen molar-refractivity contribution in [3.8, 4) is 22.4 Å². The van der Waals surface area contributed by atoms with Gasteiger partial charge in [0.15, 0.2) is 5.82 Å². The summed E-state index contributed by atoms with van der Waals surface area (Å²) in [7, 11) is 0. The molecule has 58 heavy (non-hydrogen) atoms. The third-order valence-electron chi connectivity index (χ3n) is 12.1. The van der Waals surface area contributed by atoms with E-state index in [9.17, 15) is 23.6 Å². The molecule has 1 unspecified atom stereocenters. The quantitative estimate of drug-likeness (QED) is 0.161. The molecule has 0 radical (unpaired) electrons. The minimum Gasteiger partial charge on any atom is -0.374 e. The van der Waals surface area contributed by atoms with Crippen LogP contribution in [0.15, 0.2) is 71.8 Å². The van der Waals surface area contributed by atoms with Gasteiger partial charge in [0.2, 0.25) is 23.7 Å². The number of carbonyl (C=O) groups excluding carboxylic acids is 3. The zero-order chi connectivity index (χ0) is 40.2. The minimum atomic E-state index is -0.559. The van der Waals surface area contributed by atoms with Crippen LogP contribution in [0.2, 0.25) is 0 Å². The van der Waals surface area contributed by atoms with Crippen molar-refractivity contribution in [3.05, 3.63) is 89.0 Å². The smallest absolute Gasteiger partial charge is 0.255 e. The van der Waals surface area contributed by atoms with Crippen LogP contribution in [-0.2, 0) is 14.4 Å². The third-order valence-corrected chi connectivity index (χ3v) is 12.1. The minimum absolute atomic E-state index is 0.0230. The number of piperidine rings is 2. The molecule has 0 bridgehead atoms. The number of hydrogen-bond acceptors (Lipinski definition) is 10. The highest BCUT2D eigenvalue weighted by molar-refractivity contribution is 6.01. The van der Waals surface area contributed by atoms with E-state index in [1.807, 2.05) is 4.90 Å². The van der Waals surface area contributed by atoms with E-state index in [-0.39, 0.29) is 53.2 Å². The average Bonchev–Trinajstić information content (AvgIpc) is 3.23. The molecule has 4 fully saturated rings. The van der Waals surface area contributed by atoms with Gasteiger partial charge < -0.3 is 25.4 Å². The van der Waals surface area contributed by atoms with E-state index in [0.717, 1.165) is 71.2 Å². The molecule has 2 aromatic heterocycles. The number of imide groups is 1. The SMILES string of the molecule is O=C1CCC(Nc2ccc(N3CCC(CN4CCN(C(=O)[C@H]5CC[C@H](Nc6ncc(F)c(-c7cccc(-c8ccc[nH]c8=O)c7)n6)CC5)CC4)CC3)c(F)c2)C(=O)N1. The maximum Gasteiger partial charge on any atom is 0.255 e. The van der Waals surface area contributed by atoms with Crippen molar-refractivity contribution < 1.29 is 23.2 Å². The van der Waals surface area contributed by atoms with Crippen molar-refractivity contribution in [2.75, 3.05) is 61.3 Å². The van der Waals surface area contributed by atoms with Gasteiger partial charge in [0, 0.05) is 87.2 Å². The maximum absolute atomic E-state index is 15.2. The summed E-state index contributed by atoms with van der Waals surface area (Å²) in [5.74, 6) is -0.518. The molecule has 3 amide bonds. The summed E-state index contributed by atoms with van der Waals surface area (Å²) in [6.45, 7) is 5.60. The predicted molar refractivity (Wildman–Crippen MR) is 217 cm³/mol. The largest absolute Gasteiger partial charge is 0.374 e. The standard InChI is InChI=1S/C43H49F2N9O4/c44-34-24-32(48-36-11-13-38(55)50-41(36)57)10-12-37(34)53-17-14-27(15-18-53)26-52-19-21-54(22-20-52)42(58)28-6-8-31(9-7-28)49-43-47-25-35(45)39(51-43)30-4-1-3-29(23-30)33-5-2-16-46-40(33)56/h1-5,10,12,16,23-25,27-28,31,36,48H,6-9,11,13-15,17-22,26H2,(H,46,56)(H,47,49,51)(H,50,55,57)/t28-,31-,36?. The van der Waals surface area contributed by atoms with Crippen molar-refractivity contribution in [1.29, 1.82) is 0 Å². The van der Waals surface area contributed by atoms with Gasteiger partial charge in [0.05, 0.1) is 11.9 Å². The first-order chi connectivity index (χ1) is 28.2. The number of rotatable bonds is 10. The van der Waals surface area contributed by atoms with E-state index in [4.69, 9.17) is 0 Å². The molecular formula is C43H49F2N9O4. The molecule has 3 saturated heterocycles. The van der Waals surface area contributed by atoms with Gasteiger partial charge in [-0.25, -0.2) is 18.7 Å². The molecule has 4 aromatic rings. The highest BCUT2D eigenvalue weighted by Gasteiger charge is 2.33. The molecule has 1 atom stereocenters. The van der Waals surface area contributed by atoms with Crippen LogP contribution >= 0.6 is 0 Å². The number of H-pyrrole nitrogens is 1. The number of halogens is 2. The van der Waals surface area contributed by atoms with Crippen molar-refractivity contribution in [2.24, 2.45) is 11.8 Å². The van der Waals surface area contributed by atoms with E-state index in [1.54, 1.807) is 54.7 Å². The Morgan fingerprint density at radius 3 is 2.33 bits per heavy atom. The number of pyridine rings is 1. The predicted octanol–water partition coefficient (Wildman–Crippen LogP) is 5.03. The molecule has 3 aliphatic heterocycles. The zero-order valence-electron chi connectivity index (χ0n) is 32.4. The summed E-state index contributed by atoms with van der Waals surface area (Å²) in [6, 6.07) is 15.0. The number of aromatic amines is 1. The zero-order valence-corrected chi connectivity index (χ0v) is 32.4. The van der Waals surface area contributed by atoms with Crippen LogP contribution in [0.1, 0.15) is 51.4 Å². The Kier molecular flexibility index (Phi) is 11.8. The lowest BCUT2D eigenvalue weighted by atomic mass is 9.85. The molecule has 1 aliphatic carbocycles. The lowest BCUT2D eigenvalue weighted by Gasteiger charge is -2.40. The molecule has 13 nitrogen and oxygen atoms in total. The summed E-state index contributed by atoms with van der Waals surface area (Å²) in [4.78, 5) is 67.4. The maximum atomic E-state index is 15.2. The Morgan fingerprint density at radius 1 is 0.810 bits per heavy atom. The second-order valence-electron chi connectivity index (χ2n) is 15.9. The fraction of sp³-hybridized carbons (Fsp3) is 0.442. The van der Waals surface area contributed by atoms with Crippen LogP contribution in [0.4, 0.5) is 26.1 Å². The fourth-order valence-electron chi connectivity index (χ4n) is 8.81. The Bertz CT molecular complexity index is 2190. The van der Waals surface area contributed by atoms with Gasteiger partial charge in [0.25, 0.3) is 5.56 Å². The van der Waals surface area contributed by atoms with E-state index in [1.165, 1.54) is 12.3 Å². The van der Waals surface area contributed by atoms with Crippen LogP contribution in [-0.4, -0.2) is 100 Å². The van der Waals surface area contributed by atoms with Gasteiger partial charge in [-0.15, -0.1) is 0 Å². The number of nitrogens with zero attached hydrogens (tertiary/aromatic N) is 5. The second kappa shape index (κ2) is 17.4. The topological polar surface area (TPSA) is 156 Å². The highest BCUT2D eigenvalue weighted by Crippen LogP contribution is 2.32. The number of amides is 3. The normalized spacial score (nSPS) is 22.1. The molecular weight excluding hydrogens is 745 g/mol. The van der Waals surface area contributed by atoms with Crippen LogP contribution in [0.25, 0.3) is 22.4 Å². The van der Waals surface area contributed by atoms with Crippen LogP contribution in [0, 0.1) is 23.5 Å². The van der Waals surface area contributed by atoms with Gasteiger partial charge in [-0.1, -0.05) is 18.2 Å². The lowest BCUT2D eigenvalue weighted by molar-refractivity contribution is -0.138. The van der Waals surface area contributed by atoms with Gasteiger partial charge in [-0.3, -0.25) is 29.4 Å². The van der Waals surface area contributed by atoms with Crippen LogP contribution < -0.4 is 26.4 Å². The molecule has 15 heteroatoms. The lowest BCUT2D eigenvalue weighted by Crippen LogP contribution is -2.52. The molecule has 4 aliphatic rings. The first-order valence-corrected chi connectivity index (χ1v) is 20.4. The van der Waals surface area contributed by atoms with Gasteiger partial charge in [-0.2, -0.15) is 0 Å². The fourth-order valence-corrected chi connectivity index (χ4v) is 8.81. The number of piperazine rings is 1. The molecule has 1 saturated carbocycles. The number of benzene rings is 2. The van der Waals surface area contributed by atoms with Crippen molar-refractivity contribution >= 4 is 35.0 Å². The van der Waals surface area contributed by atoms with E-state index in [0.29, 0.717) is 59.4 Å². The molecule has 4 N–H and O–H groups in total. The van der Waals surface area contributed by atoms with Crippen LogP contribution in [0.5, 0.6) is 0 Å². The van der Waals surface area contributed by atoms with Gasteiger partial charge in [0.1, 0.15) is 17.6 Å². The number of anilines is 3. The molecule has 5 heterocycles. The summed E-state index contributed by atoms with van der Waals surface area (Å²) >= 11 is 0. The second-order valence-corrected chi connectivity index (χ2v) is 15.9. The Balaban J connectivity index is 0.761. The Labute approximate surface area is 335 Å². The summed E-state index contributed by atoms with van der Waals surface area (Å²) < 4.78 is 30.2. The number of aromatic nitrogens is 3. The van der Waals surface area contributed by atoms with Crippen molar-refractivity contribution in [1.82, 2.24) is 30.1 Å². The highest BCUT2D eigenvalue weighted by atomic mass is 19.1. The van der Waals surface area contributed by atoms with Crippen molar-refractivity contribution in [2.45, 2.75) is 63.5 Å². The molecule has 2 aromatic carbocycles. The first kappa shape index (κ1) is 39.1. The number of nitrogens with one attached hydrogen (secondary N) is 4. The van der Waals surface area contributed by atoms with E-state index in [2.05, 4.69) is 40.7 Å². The van der Waals surface area contributed by atoms with Crippen molar-refractivity contribution in [3.63, 3.8) is 0 Å². The molecule has 304 valence electrons. The van der Waals surface area contributed by atoms with Gasteiger partial charge >= 0.3 is 0 Å².